The largest absolute Gasteiger partial charge is 0.147 e. The maximum atomic E-state index is 2.78. The molecule has 42 heavy (non-hydrogen) atoms. The number of rotatable bonds is 8. The molecule has 0 amide bonds. The van der Waals surface area contributed by atoms with Crippen molar-refractivity contribution in [3.8, 4) is 0 Å². The van der Waals surface area contributed by atoms with E-state index in [4.69, 9.17) is 0 Å². The molecule has 6 heteroatoms. The zero-order valence-electron chi connectivity index (χ0n) is 26.0. The van der Waals surface area contributed by atoms with Crippen LogP contribution in [0.25, 0.3) is 0 Å². The van der Waals surface area contributed by atoms with Crippen LogP contribution in [-0.4, -0.2) is 18.2 Å². The zero-order valence-corrected chi connectivity index (χ0v) is 33.3. The summed E-state index contributed by atoms with van der Waals surface area (Å²) in [6.07, 6.45) is 15.5. The SMILES string of the molecule is CCC1=[C]([Zr]([CH3])([CH3])(=[SiH2])[C]2=C(CC)C=C3C2=CC(CC)P3c2ccccc2)C2=CC(CC)P(c3ccccc3)C2=C1.Cl.Cl. The van der Waals surface area contributed by atoms with Gasteiger partial charge in [0.2, 0.25) is 0 Å². The Bertz CT molecular complexity index is 1510. The standard InChI is InChI=1S/2C17H18P.2CH3.2ClH.H2Si.Zr/c2*1-3-13-10-14-12-15(4-2)18(17(14)11-13)16-8-6-5-7-9-16;;;;;;/h2*5-9,11-12,15H,3-4H2,1-2H3;2*1H3;2*1H;1H2;. The molecule has 4 atom stereocenters. The number of hydrogen-bond acceptors (Lipinski definition) is 0. The van der Waals surface area contributed by atoms with Crippen LogP contribution in [0, 0.1) is 0 Å². The summed E-state index contributed by atoms with van der Waals surface area (Å²) < 4.78 is 9.19. The Labute approximate surface area is 271 Å². The molecule has 0 radical (unpaired) electrons. The summed E-state index contributed by atoms with van der Waals surface area (Å²) >= 11 is -3.66. The third kappa shape index (κ3) is 5.44. The van der Waals surface area contributed by atoms with E-state index in [0.29, 0.717) is 11.3 Å². The van der Waals surface area contributed by atoms with Gasteiger partial charge in [-0.15, -0.1) is 24.8 Å². The van der Waals surface area contributed by atoms with Crippen molar-refractivity contribution in [3.05, 3.63) is 124 Å². The summed E-state index contributed by atoms with van der Waals surface area (Å²) in [5.74, 6) is 0. The summed E-state index contributed by atoms with van der Waals surface area (Å²) in [5.41, 5.74) is 7.93. The van der Waals surface area contributed by atoms with Gasteiger partial charge in [0.15, 0.2) is 0 Å². The van der Waals surface area contributed by atoms with Crippen LogP contribution < -0.4 is 10.6 Å². The van der Waals surface area contributed by atoms with Crippen LogP contribution >= 0.6 is 40.7 Å². The third-order valence-corrected chi connectivity index (χ3v) is 30.3. The minimum Gasteiger partial charge on any atom is -0.147 e. The van der Waals surface area contributed by atoms with Gasteiger partial charge in [-0.1, -0.05) is 0 Å². The minimum absolute atomic E-state index is 0. The van der Waals surface area contributed by atoms with Crippen molar-refractivity contribution in [3.63, 3.8) is 0 Å². The van der Waals surface area contributed by atoms with Crippen LogP contribution in [0.15, 0.2) is 124 Å². The molecule has 0 aromatic heterocycles. The van der Waals surface area contributed by atoms with E-state index in [1.807, 2.05) is 6.56 Å². The number of halogens is 2. The summed E-state index contributed by atoms with van der Waals surface area (Å²) in [6, 6.07) is 22.9. The van der Waals surface area contributed by atoms with Crippen LogP contribution in [0.3, 0.4) is 0 Å². The van der Waals surface area contributed by atoms with Crippen molar-refractivity contribution in [2.24, 2.45) is 0 Å². The normalized spacial score (nSPS) is 24.8. The first-order chi connectivity index (χ1) is 19.2. The smallest absolute Gasteiger partial charge is 0.147 e. The van der Waals surface area contributed by atoms with Crippen LogP contribution in [0.1, 0.15) is 53.4 Å². The molecule has 0 fully saturated rings. The fourth-order valence-corrected chi connectivity index (χ4v) is 31.4. The maximum absolute atomic E-state index is 3.66. The van der Waals surface area contributed by atoms with Gasteiger partial charge in [0.05, 0.1) is 0 Å². The Morgan fingerprint density at radius 3 is 1.29 bits per heavy atom. The van der Waals surface area contributed by atoms with E-state index < -0.39 is 17.4 Å². The summed E-state index contributed by atoms with van der Waals surface area (Å²) in [7, 11) is -0.670. The fourth-order valence-electron chi connectivity index (χ4n) is 7.87. The third-order valence-electron chi connectivity index (χ3n) is 9.53. The van der Waals surface area contributed by atoms with E-state index in [9.17, 15) is 0 Å². The molecular weight excluding hydrogens is 685 g/mol. The van der Waals surface area contributed by atoms with Gasteiger partial charge >= 0.3 is 249 Å². The molecule has 0 spiro atoms. The van der Waals surface area contributed by atoms with Gasteiger partial charge < -0.3 is 0 Å². The molecule has 0 saturated heterocycles. The average Bonchev–Trinajstić information content (AvgIpc) is 3.69. The second-order valence-electron chi connectivity index (χ2n) is 12.8. The van der Waals surface area contributed by atoms with Crippen LogP contribution in [0.5, 0.6) is 0 Å². The van der Waals surface area contributed by atoms with E-state index in [2.05, 4.69) is 129 Å². The molecule has 0 nitrogen and oxygen atoms in total. The topological polar surface area (TPSA) is 0 Å². The van der Waals surface area contributed by atoms with Gasteiger partial charge in [0.1, 0.15) is 0 Å². The minimum atomic E-state index is -3.66. The van der Waals surface area contributed by atoms with Crippen molar-refractivity contribution in [2.45, 2.75) is 74.0 Å². The molecule has 2 aliphatic heterocycles. The van der Waals surface area contributed by atoms with Crippen LogP contribution in [0.2, 0.25) is 9.26 Å². The van der Waals surface area contributed by atoms with E-state index in [1.165, 1.54) is 12.8 Å². The average molecular weight is 731 g/mol. The molecule has 4 unspecified atom stereocenters. The van der Waals surface area contributed by atoms with Crippen molar-refractivity contribution < 1.29 is 17.4 Å². The molecule has 2 aromatic carbocycles. The van der Waals surface area contributed by atoms with Gasteiger partial charge in [-0.05, 0) is 0 Å². The Balaban J connectivity index is 0.00000202. The second-order valence-corrected chi connectivity index (χ2v) is 45.8. The van der Waals surface area contributed by atoms with Crippen LogP contribution in [-0.2, 0) is 17.4 Å². The Morgan fingerprint density at radius 1 is 0.619 bits per heavy atom. The first-order valence-corrected chi connectivity index (χ1v) is 31.5. The predicted molar refractivity (Wildman–Crippen MR) is 196 cm³/mol. The molecule has 0 N–H and O–H groups in total. The number of benzene rings is 2. The maximum Gasteiger partial charge on any atom is -0.147 e. The molecule has 2 aromatic rings. The Morgan fingerprint density at radius 2 is 0.976 bits per heavy atom. The zero-order chi connectivity index (χ0) is 28.3. The molecule has 4 aliphatic rings. The number of allylic oxidation sites excluding steroid dienone is 12. The second kappa shape index (κ2) is 13.0. The van der Waals surface area contributed by atoms with Crippen molar-refractivity contribution >= 4 is 58.1 Å². The van der Waals surface area contributed by atoms with Crippen molar-refractivity contribution in [1.29, 1.82) is 0 Å². The molecule has 0 saturated carbocycles. The van der Waals surface area contributed by atoms with Gasteiger partial charge in [0, 0.05) is 0 Å². The first-order valence-electron chi connectivity index (χ1n) is 15.3. The summed E-state index contributed by atoms with van der Waals surface area (Å²) in [5, 5.41) is 6.46. The molecule has 6 rings (SSSR count). The van der Waals surface area contributed by atoms with E-state index in [-0.39, 0.29) is 40.7 Å². The van der Waals surface area contributed by atoms with E-state index >= 15 is 0 Å². The Kier molecular flexibility index (Phi) is 10.6. The predicted octanol–water partition coefficient (Wildman–Crippen LogP) is 10.3. The summed E-state index contributed by atoms with van der Waals surface area (Å²) in [6.45, 7) is 12.1. The number of hydrogen-bond donors (Lipinski definition) is 0. The van der Waals surface area contributed by atoms with E-state index in [0.717, 1.165) is 12.8 Å². The van der Waals surface area contributed by atoms with Crippen molar-refractivity contribution in [2.75, 3.05) is 0 Å². The fraction of sp³-hybridized carbons (Fsp3) is 0.333. The van der Waals surface area contributed by atoms with Crippen LogP contribution in [0.4, 0.5) is 0 Å². The molecule has 222 valence electrons. The molecule has 2 aliphatic carbocycles. The van der Waals surface area contributed by atoms with Gasteiger partial charge in [-0.3, -0.25) is 0 Å². The van der Waals surface area contributed by atoms with Gasteiger partial charge in [-0.2, -0.15) is 0 Å². The van der Waals surface area contributed by atoms with Gasteiger partial charge in [-0.25, -0.2) is 0 Å². The quantitative estimate of drug-likeness (QED) is 0.187. The van der Waals surface area contributed by atoms with Crippen molar-refractivity contribution in [1.82, 2.24) is 0 Å². The molecule has 2 heterocycles. The van der Waals surface area contributed by atoms with E-state index in [1.54, 1.807) is 43.5 Å². The monoisotopic (exact) mass is 728 g/mol. The molecule has 0 bridgehead atoms. The Hall–Kier alpha value is -0.580. The number of fused-ring (bicyclic) bond motifs is 2. The first kappa shape index (κ1) is 34.3. The molecular formula is C36H46Cl2P2SiZr. The summed E-state index contributed by atoms with van der Waals surface area (Å²) in [4.78, 5) is 0. The van der Waals surface area contributed by atoms with Gasteiger partial charge in [0.25, 0.3) is 0 Å².